The van der Waals surface area contributed by atoms with Crippen molar-refractivity contribution in [1.82, 2.24) is 19.6 Å². The molecule has 0 aliphatic carbocycles. The van der Waals surface area contributed by atoms with Gasteiger partial charge in [0.15, 0.2) is 0 Å². The van der Waals surface area contributed by atoms with E-state index in [1.165, 1.54) is 29.0 Å². The lowest BCUT2D eigenvalue weighted by Gasteiger charge is -2.49. The van der Waals surface area contributed by atoms with E-state index in [-0.39, 0.29) is 11.5 Å². The number of nitrogens with one attached hydrogen (secondary N) is 1. The van der Waals surface area contributed by atoms with Gasteiger partial charge in [0.05, 0.1) is 0 Å². The monoisotopic (exact) mass is 459 g/mol. The quantitative estimate of drug-likeness (QED) is 0.257. The van der Waals surface area contributed by atoms with Gasteiger partial charge < -0.3 is 20.4 Å². The minimum atomic E-state index is -1.29. The topological polar surface area (TPSA) is 171 Å². The van der Waals surface area contributed by atoms with Crippen LogP contribution in [-0.2, 0) is 24.0 Å². The van der Waals surface area contributed by atoms with Crippen LogP contribution in [0.15, 0.2) is 21.3 Å². The third-order valence-electron chi connectivity index (χ3n) is 3.80. The maximum Gasteiger partial charge on any atom is 0.353 e. The third kappa shape index (κ3) is 4.20. The van der Waals surface area contributed by atoms with Crippen molar-refractivity contribution in [3.05, 3.63) is 21.9 Å². The molecule has 0 bridgehead atoms. The highest BCUT2D eigenvalue weighted by Gasteiger charge is 2.54. The second-order valence-corrected chi connectivity index (χ2v) is 8.11. The molecule has 3 N–H and O–H groups in total. The molecule has 1 aromatic rings. The number of rotatable bonds is 8. The Hall–Kier alpha value is -2.65. The van der Waals surface area contributed by atoms with Crippen LogP contribution in [0, 0.1) is 0 Å². The highest BCUT2D eigenvalue weighted by Crippen LogP contribution is 2.42. The van der Waals surface area contributed by atoms with E-state index >= 15 is 0 Å². The Bertz CT molecular complexity index is 917. The number of amides is 2. The molecule has 3 rings (SSSR count). The summed E-state index contributed by atoms with van der Waals surface area (Å²) in [6, 6.07) is -0.978. The number of fused-ring (bicyclic) bond motifs is 1. The summed E-state index contributed by atoms with van der Waals surface area (Å²) in [6.07, 6.45) is 1.73. The number of carboxylic acids is 2. The molecule has 3 heterocycles. The smallest absolute Gasteiger partial charge is 0.353 e. The zero-order chi connectivity index (χ0) is 21.1. The predicted molar refractivity (Wildman–Crippen MR) is 103 cm³/mol. The van der Waals surface area contributed by atoms with Crippen molar-refractivity contribution in [2.45, 2.75) is 11.4 Å². The van der Waals surface area contributed by atoms with Crippen LogP contribution in [0.3, 0.4) is 0 Å². The molecule has 1 aromatic heterocycles. The fourth-order valence-corrected chi connectivity index (χ4v) is 5.24. The molecule has 2 aliphatic rings. The summed E-state index contributed by atoms with van der Waals surface area (Å²) in [6.45, 7) is -0.778. The molecule has 2 amide bonds. The van der Waals surface area contributed by atoms with Gasteiger partial charge in [-0.3, -0.25) is 14.5 Å². The molecule has 29 heavy (non-hydrogen) atoms. The number of thioether (sulfide) groups is 2. The van der Waals surface area contributed by atoms with Crippen molar-refractivity contribution in [2.75, 3.05) is 18.6 Å². The van der Waals surface area contributed by atoms with E-state index in [9.17, 15) is 24.3 Å². The van der Waals surface area contributed by atoms with E-state index in [0.29, 0.717) is 10.7 Å². The van der Waals surface area contributed by atoms with E-state index in [4.69, 9.17) is 5.11 Å². The number of carbonyl (C=O) groups is 4. The molecule has 0 saturated carbocycles. The number of aliphatic carboxylic acids is 2. The Morgan fingerprint density at radius 1 is 1.45 bits per heavy atom. The van der Waals surface area contributed by atoms with Crippen LogP contribution < -0.4 is 5.32 Å². The van der Waals surface area contributed by atoms with Gasteiger partial charge in [0.1, 0.15) is 22.6 Å². The van der Waals surface area contributed by atoms with Gasteiger partial charge in [-0.05, 0) is 17.8 Å². The Balaban J connectivity index is 1.77. The number of carboxylic acid groups (broad SMARTS) is 2. The van der Waals surface area contributed by atoms with Crippen LogP contribution in [0.2, 0.25) is 0 Å². The second kappa shape index (κ2) is 8.79. The van der Waals surface area contributed by atoms with Crippen LogP contribution in [0.25, 0.3) is 0 Å². The number of hydrogen-bond acceptors (Lipinski definition) is 11. The molecular weight excluding hydrogens is 446 g/mol. The molecule has 0 radical (unpaired) electrons. The Labute approximate surface area is 175 Å². The molecule has 154 valence electrons. The minimum Gasteiger partial charge on any atom is -0.479 e. The summed E-state index contributed by atoms with van der Waals surface area (Å²) in [4.78, 5) is 57.5. The summed E-state index contributed by atoms with van der Waals surface area (Å²) >= 11 is 3.52. The molecule has 0 spiro atoms. The van der Waals surface area contributed by atoms with Crippen LogP contribution >= 0.6 is 35.1 Å². The highest BCUT2D eigenvalue weighted by molar-refractivity contribution is 8.05. The van der Waals surface area contributed by atoms with Gasteiger partial charge in [0, 0.05) is 10.7 Å². The van der Waals surface area contributed by atoms with Gasteiger partial charge in [-0.15, -0.1) is 23.5 Å². The lowest BCUT2D eigenvalue weighted by molar-refractivity contribution is -0.150. The Morgan fingerprint density at radius 2 is 2.21 bits per heavy atom. The average molecular weight is 459 g/mol. The zero-order valence-corrected chi connectivity index (χ0v) is 17.0. The maximum atomic E-state index is 12.6. The number of carbonyl (C=O) groups excluding carboxylic acids is 2. The normalized spacial score (nSPS) is 21.3. The number of β-lactam (4-membered cyclic amide) rings is 1. The van der Waals surface area contributed by atoms with E-state index in [1.54, 1.807) is 6.26 Å². The number of oxime groups is 1. The van der Waals surface area contributed by atoms with Crippen molar-refractivity contribution in [2.24, 2.45) is 5.16 Å². The number of aromatic nitrogens is 2. The average Bonchev–Trinajstić information content (AvgIpc) is 3.21. The molecule has 1 saturated heterocycles. The minimum absolute atomic E-state index is 0.0865. The largest absolute Gasteiger partial charge is 0.479 e. The number of nitrogens with zero attached hydrogens (tertiary/aromatic N) is 4. The van der Waals surface area contributed by atoms with Crippen LogP contribution in [0.1, 0.15) is 5.82 Å². The molecule has 0 aromatic carbocycles. The summed E-state index contributed by atoms with van der Waals surface area (Å²) in [5, 5.41) is 23.4. The summed E-state index contributed by atoms with van der Waals surface area (Å²) < 4.78 is 3.87. The molecule has 15 heteroatoms. The lowest BCUT2D eigenvalue weighted by Crippen LogP contribution is -2.71. The van der Waals surface area contributed by atoms with E-state index < -0.39 is 47.5 Å². The molecule has 12 nitrogen and oxygen atoms in total. The summed E-state index contributed by atoms with van der Waals surface area (Å²) in [7, 11) is 0. The van der Waals surface area contributed by atoms with Crippen LogP contribution in [0.5, 0.6) is 0 Å². The van der Waals surface area contributed by atoms with Crippen molar-refractivity contribution < 1.29 is 34.2 Å². The first-order valence-corrected chi connectivity index (χ1v) is 10.9. The summed E-state index contributed by atoms with van der Waals surface area (Å²) in [5.41, 5.74) is 0.867. The molecule has 1 unspecified atom stereocenters. The van der Waals surface area contributed by atoms with Gasteiger partial charge in [0.25, 0.3) is 11.8 Å². The molecular formula is C14H13N5O7S3. The van der Waals surface area contributed by atoms with Crippen molar-refractivity contribution in [1.29, 1.82) is 0 Å². The number of hydrogen-bond donors (Lipinski definition) is 3. The fraction of sp³-hybridized carbons (Fsp3) is 0.357. The standard InChI is InChI=1S/C14H13N5O7S3/c1-27-5-3-28-13-8(12(23)19(13)9(5)14(24)25)16-11(22)7(10-15-4-29-18-10)17-26-2-6(20)21/h4,8,13H,2-3H2,1H3,(H,16,22)(H,20,21)(H,24,25)/t8?,13-/m0/s1. The molecule has 2 atom stereocenters. The maximum absolute atomic E-state index is 12.6. The first-order valence-electron chi connectivity index (χ1n) is 7.79. The van der Waals surface area contributed by atoms with E-state index in [2.05, 4.69) is 24.7 Å². The summed E-state index contributed by atoms with van der Waals surface area (Å²) in [5.74, 6) is -3.62. The van der Waals surface area contributed by atoms with Gasteiger partial charge in [0.2, 0.25) is 18.1 Å². The first-order chi connectivity index (χ1) is 13.8. The predicted octanol–water partition coefficient (Wildman–Crippen LogP) is -0.597. The van der Waals surface area contributed by atoms with Gasteiger partial charge in [-0.2, -0.15) is 4.37 Å². The molecule has 2 aliphatic heterocycles. The van der Waals surface area contributed by atoms with Gasteiger partial charge >= 0.3 is 11.9 Å². The Kier molecular flexibility index (Phi) is 6.39. The fourth-order valence-electron chi connectivity index (χ4n) is 2.57. The highest BCUT2D eigenvalue weighted by atomic mass is 32.2. The second-order valence-electron chi connectivity index (χ2n) is 5.50. The van der Waals surface area contributed by atoms with Gasteiger partial charge in [-0.25, -0.2) is 14.6 Å². The van der Waals surface area contributed by atoms with Crippen molar-refractivity contribution >= 4 is 64.5 Å². The Morgan fingerprint density at radius 3 is 2.79 bits per heavy atom. The SMILES string of the molecule is CSC1=C(C(=O)O)N2C(=O)C(NC(=O)C(=NOCC(=O)O)c3ncsn3)[C@@H]2SC1. The lowest BCUT2D eigenvalue weighted by atomic mass is 10.0. The molecule has 1 fully saturated rings. The van der Waals surface area contributed by atoms with E-state index in [0.717, 1.165) is 16.4 Å². The van der Waals surface area contributed by atoms with Crippen molar-refractivity contribution in [3.63, 3.8) is 0 Å². The third-order valence-corrected chi connectivity index (χ3v) is 6.57. The van der Waals surface area contributed by atoms with Crippen LogP contribution in [-0.4, -0.2) is 84.0 Å². The van der Waals surface area contributed by atoms with Crippen LogP contribution in [0.4, 0.5) is 0 Å². The zero-order valence-electron chi connectivity index (χ0n) is 14.6. The van der Waals surface area contributed by atoms with E-state index in [1.807, 2.05) is 0 Å². The van der Waals surface area contributed by atoms with Crippen molar-refractivity contribution in [3.8, 4) is 0 Å². The first kappa shape index (κ1) is 21.1. The van der Waals surface area contributed by atoms with Gasteiger partial charge in [-0.1, -0.05) is 5.16 Å².